The number of carbonyl (C=O) groups is 3. The van der Waals surface area contributed by atoms with Crippen molar-refractivity contribution in [3.63, 3.8) is 0 Å². The molecule has 0 spiro atoms. The number of aromatic nitrogens is 2. The SMILES string of the molecule is CCC(=O)N(c1nnc(SCC(=O)NC(=O)c2ccccc2OC)s1)C1CC1. The van der Waals surface area contributed by atoms with E-state index in [1.54, 1.807) is 29.2 Å². The number of benzene rings is 1. The van der Waals surface area contributed by atoms with Crippen LogP contribution in [0, 0.1) is 0 Å². The number of methoxy groups -OCH3 is 1. The third-order valence-corrected chi connectivity index (χ3v) is 6.07. The molecule has 0 atom stereocenters. The Morgan fingerprint density at radius 3 is 2.71 bits per heavy atom. The van der Waals surface area contributed by atoms with Crippen LogP contribution in [0.25, 0.3) is 0 Å². The van der Waals surface area contributed by atoms with E-state index in [-0.39, 0.29) is 17.7 Å². The fourth-order valence-corrected chi connectivity index (χ4v) is 4.25. The molecule has 28 heavy (non-hydrogen) atoms. The van der Waals surface area contributed by atoms with Crippen molar-refractivity contribution >= 4 is 46.0 Å². The lowest BCUT2D eigenvalue weighted by atomic mass is 10.2. The molecule has 0 unspecified atom stereocenters. The summed E-state index contributed by atoms with van der Waals surface area (Å²) < 4.78 is 5.70. The maximum absolute atomic E-state index is 12.2. The van der Waals surface area contributed by atoms with Crippen LogP contribution in [0.4, 0.5) is 5.13 Å². The van der Waals surface area contributed by atoms with Gasteiger partial charge in [0, 0.05) is 12.5 Å². The molecule has 10 heteroatoms. The Hall–Kier alpha value is -2.46. The maximum atomic E-state index is 12.2. The molecular formula is C18H20N4O4S2. The molecule has 1 saturated carbocycles. The number of para-hydroxylation sites is 1. The van der Waals surface area contributed by atoms with E-state index < -0.39 is 11.8 Å². The van der Waals surface area contributed by atoms with Crippen LogP contribution in [-0.2, 0) is 9.59 Å². The average molecular weight is 421 g/mol. The fraction of sp³-hybridized carbons (Fsp3) is 0.389. The largest absolute Gasteiger partial charge is 0.496 e. The first-order valence-corrected chi connectivity index (χ1v) is 10.6. The van der Waals surface area contributed by atoms with Gasteiger partial charge in [0.2, 0.25) is 16.9 Å². The van der Waals surface area contributed by atoms with Crippen molar-refractivity contribution in [3.05, 3.63) is 29.8 Å². The van der Waals surface area contributed by atoms with Crippen molar-refractivity contribution in [2.75, 3.05) is 17.8 Å². The van der Waals surface area contributed by atoms with Gasteiger partial charge < -0.3 is 4.74 Å². The van der Waals surface area contributed by atoms with E-state index in [0.29, 0.717) is 27.2 Å². The Balaban J connectivity index is 1.56. The van der Waals surface area contributed by atoms with E-state index in [1.807, 2.05) is 6.92 Å². The van der Waals surface area contributed by atoms with Gasteiger partial charge in [-0.1, -0.05) is 42.2 Å². The molecule has 0 radical (unpaired) electrons. The molecule has 0 saturated heterocycles. The molecule has 148 valence electrons. The minimum atomic E-state index is -0.519. The lowest BCUT2D eigenvalue weighted by Crippen LogP contribution is -2.32. The van der Waals surface area contributed by atoms with Gasteiger partial charge in [0.1, 0.15) is 5.75 Å². The van der Waals surface area contributed by atoms with Crippen LogP contribution in [0.3, 0.4) is 0 Å². The number of rotatable bonds is 8. The second-order valence-corrected chi connectivity index (χ2v) is 8.24. The summed E-state index contributed by atoms with van der Waals surface area (Å²) in [5.41, 5.74) is 0.291. The highest BCUT2D eigenvalue weighted by molar-refractivity contribution is 8.01. The van der Waals surface area contributed by atoms with Crippen LogP contribution in [0.15, 0.2) is 28.6 Å². The molecule has 1 aromatic heterocycles. The number of thioether (sulfide) groups is 1. The van der Waals surface area contributed by atoms with Gasteiger partial charge in [0.05, 0.1) is 18.4 Å². The standard InChI is InChI=1S/C18H20N4O4S2/c1-3-15(24)22(11-8-9-11)17-20-21-18(28-17)27-10-14(23)19-16(25)12-6-4-5-7-13(12)26-2/h4-7,11H,3,8-10H2,1-2H3,(H,19,23,25). The molecule has 1 aromatic carbocycles. The number of ether oxygens (including phenoxy) is 1. The Kier molecular flexibility index (Phi) is 6.63. The van der Waals surface area contributed by atoms with E-state index in [2.05, 4.69) is 15.5 Å². The first-order chi connectivity index (χ1) is 13.5. The molecule has 8 nitrogen and oxygen atoms in total. The summed E-state index contributed by atoms with van der Waals surface area (Å²) in [6.45, 7) is 1.82. The summed E-state index contributed by atoms with van der Waals surface area (Å²) in [5.74, 6) is -0.526. The molecule has 2 aromatic rings. The molecule has 1 N–H and O–H groups in total. The van der Waals surface area contributed by atoms with Crippen LogP contribution in [-0.4, -0.2) is 46.8 Å². The van der Waals surface area contributed by atoms with Crippen molar-refractivity contribution in [1.82, 2.24) is 15.5 Å². The number of amides is 3. The highest BCUT2D eigenvalue weighted by Crippen LogP contribution is 2.36. The molecular weight excluding hydrogens is 400 g/mol. The molecule has 0 aliphatic heterocycles. The van der Waals surface area contributed by atoms with E-state index in [1.165, 1.54) is 30.2 Å². The molecule has 1 fully saturated rings. The lowest BCUT2D eigenvalue weighted by molar-refractivity contribution is -0.119. The Morgan fingerprint density at radius 2 is 2.04 bits per heavy atom. The zero-order valence-electron chi connectivity index (χ0n) is 15.5. The maximum Gasteiger partial charge on any atom is 0.261 e. The first-order valence-electron chi connectivity index (χ1n) is 8.79. The van der Waals surface area contributed by atoms with Crippen LogP contribution in [0.5, 0.6) is 5.75 Å². The number of hydrogen-bond donors (Lipinski definition) is 1. The van der Waals surface area contributed by atoms with Gasteiger partial charge in [-0.2, -0.15) is 0 Å². The first kappa shape index (κ1) is 20.3. The van der Waals surface area contributed by atoms with E-state index in [4.69, 9.17) is 4.74 Å². The molecule has 1 aliphatic rings. The minimum Gasteiger partial charge on any atom is -0.496 e. The van der Waals surface area contributed by atoms with Crippen LogP contribution in [0.1, 0.15) is 36.5 Å². The van der Waals surface area contributed by atoms with Gasteiger partial charge in [-0.15, -0.1) is 10.2 Å². The number of nitrogens with one attached hydrogen (secondary N) is 1. The van der Waals surface area contributed by atoms with Crippen molar-refractivity contribution in [3.8, 4) is 5.75 Å². The summed E-state index contributed by atoms with van der Waals surface area (Å²) in [5, 5.41) is 11.0. The lowest BCUT2D eigenvalue weighted by Gasteiger charge is -2.17. The smallest absolute Gasteiger partial charge is 0.261 e. The number of imide groups is 1. The van der Waals surface area contributed by atoms with Crippen LogP contribution >= 0.6 is 23.1 Å². The molecule has 0 bridgehead atoms. The fourth-order valence-electron chi connectivity index (χ4n) is 2.52. The third-order valence-electron chi connectivity index (χ3n) is 4.02. The average Bonchev–Trinajstić information content (AvgIpc) is 3.43. The van der Waals surface area contributed by atoms with Gasteiger partial charge >= 0.3 is 0 Å². The Morgan fingerprint density at radius 1 is 1.29 bits per heavy atom. The minimum absolute atomic E-state index is 0.0146. The second-order valence-electron chi connectivity index (χ2n) is 6.07. The van der Waals surface area contributed by atoms with Crippen LogP contribution < -0.4 is 15.0 Å². The molecule has 3 rings (SSSR count). The van der Waals surface area contributed by atoms with E-state index >= 15 is 0 Å². The highest BCUT2D eigenvalue weighted by atomic mass is 32.2. The molecule has 1 heterocycles. The topological polar surface area (TPSA) is 101 Å². The number of carbonyl (C=O) groups excluding carboxylic acids is 3. The van der Waals surface area contributed by atoms with Gasteiger partial charge in [0.15, 0.2) is 4.34 Å². The predicted octanol–water partition coefficient (Wildman–Crippen LogP) is 2.50. The van der Waals surface area contributed by atoms with Gasteiger partial charge in [-0.25, -0.2) is 0 Å². The van der Waals surface area contributed by atoms with Gasteiger partial charge in [-0.05, 0) is 25.0 Å². The monoisotopic (exact) mass is 420 g/mol. The Labute approximate surface area is 170 Å². The Bertz CT molecular complexity index is 882. The predicted molar refractivity (Wildman–Crippen MR) is 107 cm³/mol. The normalized spacial score (nSPS) is 13.1. The quantitative estimate of drug-likeness (QED) is 0.517. The zero-order chi connectivity index (χ0) is 20.1. The summed E-state index contributed by atoms with van der Waals surface area (Å²) >= 11 is 2.45. The highest BCUT2D eigenvalue weighted by Gasteiger charge is 2.35. The van der Waals surface area contributed by atoms with Crippen molar-refractivity contribution in [2.24, 2.45) is 0 Å². The second kappa shape index (κ2) is 9.16. The number of hydrogen-bond acceptors (Lipinski definition) is 8. The van der Waals surface area contributed by atoms with Gasteiger partial charge in [0.25, 0.3) is 5.91 Å². The van der Waals surface area contributed by atoms with E-state index in [0.717, 1.165) is 12.8 Å². The third kappa shape index (κ3) is 4.87. The number of anilines is 1. The van der Waals surface area contributed by atoms with E-state index in [9.17, 15) is 14.4 Å². The summed E-state index contributed by atoms with van der Waals surface area (Å²) in [4.78, 5) is 38.2. The summed E-state index contributed by atoms with van der Waals surface area (Å²) in [7, 11) is 1.46. The summed E-state index contributed by atoms with van der Waals surface area (Å²) in [6, 6.07) is 6.89. The van der Waals surface area contributed by atoms with Crippen molar-refractivity contribution in [2.45, 2.75) is 36.6 Å². The number of nitrogens with zero attached hydrogens (tertiary/aromatic N) is 3. The van der Waals surface area contributed by atoms with Crippen molar-refractivity contribution < 1.29 is 19.1 Å². The van der Waals surface area contributed by atoms with Crippen LogP contribution in [0.2, 0.25) is 0 Å². The zero-order valence-corrected chi connectivity index (χ0v) is 17.1. The molecule has 3 amide bonds. The van der Waals surface area contributed by atoms with Gasteiger partial charge in [-0.3, -0.25) is 24.6 Å². The van der Waals surface area contributed by atoms with Crippen molar-refractivity contribution in [1.29, 1.82) is 0 Å². The molecule has 1 aliphatic carbocycles. The summed E-state index contributed by atoms with van der Waals surface area (Å²) in [6.07, 6.45) is 2.36.